The van der Waals surface area contributed by atoms with Crippen LogP contribution in [0.25, 0.3) is 11.2 Å². The van der Waals surface area contributed by atoms with E-state index in [1.165, 1.54) is 96.9 Å². The van der Waals surface area contributed by atoms with Crippen LogP contribution in [0, 0.1) is 0 Å². The van der Waals surface area contributed by atoms with E-state index < -0.39 is 7.60 Å². The molecule has 0 aliphatic heterocycles. The lowest BCUT2D eigenvalue weighted by Gasteiger charge is -2.20. The van der Waals surface area contributed by atoms with Crippen molar-refractivity contribution in [2.75, 3.05) is 39.0 Å². The van der Waals surface area contributed by atoms with Crippen LogP contribution in [0.15, 0.2) is 12.7 Å². The van der Waals surface area contributed by atoms with E-state index in [-0.39, 0.29) is 12.5 Å². The van der Waals surface area contributed by atoms with Gasteiger partial charge in [0.1, 0.15) is 18.2 Å². The lowest BCUT2D eigenvalue weighted by atomic mass is 10.0. The Morgan fingerprint density at radius 1 is 0.850 bits per heavy atom. The van der Waals surface area contributed by atoms with E-state index in [4.69, 9.17) is 24.3 Å². The predicted octanol–water partition coefficient (Wildman–Crippen LogP) is 7.52. The number of hydrogen-bond acceptors (Lipinski definition) is 9. The second-order valence-corrected chi connectivity index (χ2v) is 12.7. The maximum absolute atomic E-state index is 12.9. The molecule has 10 nitrogen and oxygen atoms in total. The Balaban J connectivity index is 1.42. The van der Waals surface area contributed by atoms with E-state index in [2.05, 4.69) is 21.9 Å². The number of ether oxygens (including phenoxy) is 2. The first kappa shape index (κ1) is 34.6. The van der Waals surface area contributed by atoms with E-state index in [0.29, 0.717) is 43.2 Å². The van der Waals surface area contributed by atoms with Gasteiger partial charge in [0.05, 0.1) is 25.6 Å². The van der Waals surface area contributed by atoms with Gasteiger partial charge in [0.15, 0.2) is 11.5 Å². The number of imidazole rings is 1. The summed E-state index contributed by atoms with van der Waals surface area (Å²) in [6.45, 7) is 6.25. The minimum Gasteiger partial charge on any atom is -0.382 e. The molecule has 2 atom stereocenters. The number of rotatable bonds is 26. The summed E-state index contributed by atoms with van der Waals surface area (Å²) < 4.78 is 36.9. The van der Waals surface area contributed by atoms with Crippen molar-refractivity contribution in [2.24, 2.45) is 0 Å². The van der Waals surface area contributed by atoms with Gasteiger partial charge in [-0.3, -0.25) is 4.57 Å². The van der Waals surface area contributed by atoms with E-state index >= 15 is 0 Å². The van der Waals surface area contributed by atoms with Crippen molar-refractivity contribution >= 4 is 24.6 Å². The van der Waals surface area contributed by atoms with Gasteiger partial charge in [-0.2, -0.15) is 0 Å². The molecule has 2 aromatic rings. The minimum absolute atomic E-state index is 0.131. The number of nitrogens with two attached hydrogens (primary N) is 1. The fourth-order valence-corrected chi connectivity index (χ4v) is 5.72. The van der Waals surface area contributed by atoms with Gasteiger partial charge in [-0.25, -0.2) is 15.0 Å². The predicted molar refractivity (Wildman–Crippen MR) is 161 cm³/mol. The number of fused-ring (bicyclic) bond motifs is 1. The smallest absolute Gasteiger partial charge is 0.355 e. The van der Waals surface area contributed by atoms with Gasteiger partial charge in [0.2, 0.25) is 0 Å². The van der Waals surface area contributed by atoms with Gasteiger partial charge >= 0.3 is 7.60 Å². The molecule has 0 fully saturated rings. The van der Waals surface area contributed by atoms with Crippen molar-refractivity contribution in [1.82, 2.24) is 19.5 Å². The monoisotopic (exact) mass is 583 g/mol. The first-order valence-electron chi connectivity index (χ1n) is 15.4. The van der Waals surface area contributed by atoms with Crippen LogP contribution in [0.3, 0.4) is 0 Å². The van der Waals surface area contributed by atoms with Crippen molar-refractivity contribution in [3.05, 3.63) is 12.7 Å². The minimum atomic E-state index is -3.34. The summed E-state index contributed by atoms with van der Waals surface area (Å²) in [5.41, 5.74) is 7.01. The number of unbranched alkanes of at least 4 members (excludes halogenated alkanes) is 13. The third-order valence-electron chi connectivity index (χ3n) is 7.04. The molecular weight excluding hydrogens is 529 g/mol. The third-order valence-corrected chi connectivity index (χ3v) is 8.64. The summed E-state index contributed by atoms with van der Waals surface area (Å²) >= 11 is 0. The molecule has 2 heterocycles. The van der Waals surface area contributed by atoms with E-state index in [9.17, 15) is 4.57 Å². The molecule has 2 N–H and O–H groups in total. The van der Waals surface area contributed by atoms with Crippen LogP contribution in [0.5, 0.6) is 0 Å². The number of nitrogens with zero attached hydrogens (tertiary/aromatic N) is 4. The Morgan fingerprint density at radius 2 is 1.45 bits per heavy atom. The standard InChI is InChI=1S/C29H54N5O5P/c1-4-5-6-7-8-9-10-11-12-13-14-15-16-17-19-37-20-18-21-39-40(35,36-3)25-38-26(2)22-34-24-33-27-28(30)31-23-32-29(27)34/h23-24,26H,4-22,25H2,1-3H3,(H2,30,31,32)/t26-,40?/m1/s1. The quantitative estimate of drug-likeness (QED) is 0.0884. The van der Waals surface area contributed by atoms with Gasteiger partial charge in [-0.05, 0) is 19.8 Å². The first-order chi connectivity index (χ1) is 19.5. The average molecular weight is 584 g/mol. The van der Waals surface area contributed by atoms with Gasteiger partial charge in [-0.15, -0.1) is 0 Å². The molecule has 0 aliphatic carbocycles. The van der Waals surface area contributed by atoms with Gasteiger partial charge < -0.3 is 28.8 Å². The highest BCUT2D eigenvalue weighted by Crippen LogP contribution is 2.47. The fraction of sp³-hybridized carbons (Fsp3) is 0.828. The van der Waals surface area contributed by atoms with Crippen molar-refractivity contribution in [3.8, 4) is 0 Å². The fourth-order valence-electron chi connectivity index (χ4n) is 4.59. The van der Waals surface area contributed by atoms with Gasteiger partial charge in [0, 0.05) is 20.3 Å². The highest BCUT2D eigenvalue weighted by molar-refractivity contribution is 7.53. The molecular formula is C29H54N5O5P. The molecule has 0 saturated carbocycles. The molecule has 1 unspecified atom stereocenters. The Morgan fingerprint density at radius 3 is 2.08 bits per heavy atom. The van der Waals surface area contributed by atoms with Crippen molar-refractivity contribution in [1.29, 1.82) is 0 Å². The van der Waals surface area contributed by atoms with Crippen molar-refractivity contribution < 1.29 is 23.1 Å². The SMILES string of the molecule is CCCCCCCCCCCCCCCCOCCCOP(=O)(CO[C@H](C)Cn1cnc2c(N)ncnc21)OC. The molecule has 11 heteroatoms. The Hall–Kier alpha value is -1.58. The zero-order chi connectivity index (χ0) is 28.9. The molecule has 0 aromatic carbocycles. The Kier molecular flexibility index (Phi) is 18.3. The number of hydrogen-bond donors (Lipinski definition) is 1. The number of nitrogen functional groups attached to an aromatic ring is 1. The van der Waals surface area contributed by atoms with E-state index in [1.54, 1.807) is 6.33 Å². The molecule has 0 amide bonds. The lowest BCUT2D eigenvalue weighted by molar-refractivity contribution is 0.0659. The zero-order valence-corrected chi connectivity index (χ0v) is 26.1. The maximum Gasteiger partial charge on any atom is 0.355 e. The van der Waals surface area contributed by atoms with Crippen LogP contribution in [0.1, 0.15) is 110 Å². The van der Waals surface area contributed by atoms with E-state index in [1.807, 2.05) is 11.5 Å². The van der Waals surface area contributed by atoms with Gasteiger partial charge in [-0.1, -0.05) is 90.4 Å². The normalized spacial score (nSPS) is 14.1. The van der Waals surface area contributed by atoms with Crippen molar-refractivity contribution in [2.45, 2.75) is 123 Å². The molecule has 40 heavy (non-hydrogen) atoms. The highest BCUT2D eigenvalue weighted by Gasteiger charge is 2.25. The second kappa shape index (κ2) is 21.2. The maximum atomic E-state index is 12.9. The Labute approximate surface area is 241 Å². The molecule has 0 bridgehead atoms. The second-order valence-electron chi connectivity index (χ2n) is 10.6. The zero-order valence-electron chi connectivity index (χ0n) is 25.2. The van der Waals surface area contributed by atoms with Crippen LogP contribution in [-0.4, -0.2) is 58.9 Å². The highest BCUT2D eigenvalue weighted by atomic mass is 31.2. The molecule has 0 saturated heterocycles. The van der Waals surface area contributed by atoms with Gasteiger partial charge in [0.25, 0.3) is 0 Å². The molecule has 2 aromatic heterocycles. The summed E-state index contributed by atoms with van der Waals surface area (Å²) in [5, 5.41) is 0. The molecule has 2 rings (SSSR count). The van der Waals surface area contributed by atoms with Crippen LogP contribution in [-0.2, 0) is 29.6 Å². The molecule has 0 radical (unpaired) electrons. The summed E-state index contributed by atoms with van der Waals surface area (Å²) in [5.74, 6) is 0.332. The number of anilines is 1. The van der Waals surface area contributed by atoms with Crippen LogP contribution >= 0.6 is 7.60 Å². The van der Waals surface area contributed by atoms with Crippen LogP contribution in [0.2, 0.25) is 0 Å². The lowest BCUT2D eigenvalue weighted by Crippen LogP contribution is -2.18. The molecule has 0 aliphatic rings. The Bertz CT molecular complexity index is 960. The summed E-state index contributed by atoms with van der Waals surface area (Å²) in [6.07, 6.45) is 22.2. The molecule has 0 spiro atoms. The van der Waals surface area contributed by atoms with E-state index in [0.717, 1.165) is 13.0 Å². The first-order valence-corrected chi connectivity index (χ1v) is 17.1. The largest absolute Gasteiger partial charge is 0.382 e. The summed E-state index contributed by atoms with van der Waals surface area (Å²) in [4.78, 5) is 12.4. The average Bonchev–Trinajstić information content (AvgIpc) is 3.37. The van der Waals surface area contributed by atoms with Crippen LogP contribution < -0.4 is 5.73 Å². The third kappa shape index (κ3) is 14.4. The summed E-state index contributed by atoms with van der Waals surface area (Å²) in [6, 6.07) is 0. The summed E-state index contributed by atoms with van der Waals surface area (Å²) in [7, 11) is -1.96. The van der Waals surface area contributed by atoms with Crippen LogP contribution in [0.4, 0.5) is 5.82 Å². The topological polar surface area (TPSA) is 124 Å². The van der Waals surface area contributed by atoms with Crippen molar-refractivity contribution in [3.63, 3.8) is 0 Å². The molecule has 230 valence electrons. The number of aromatic nitrogens is 4.